The van der Waals surface area contributed by atoms with Crippen molar-refractivity contribution in [3.63, 3.8) is 0 Å². The molecule has 3 heteroatoms. The summed E-state index contributed by atoms with van der Waals surface area (Å²) in [5, 5.41) is 1.78. The van der Waals surface area contributed by atoms with Crippen LogP contribution in [0.15, 0.2) is 41.3 Å². The van der Waals surface area contributed by atoms with Crippen LogP contribution < -0.4 is 0 Å². The molecule has 0 atom stereocenters. The summed E-state index contributed by atoms with van der Waals surface area (Å²) in [6.45, 7) is 7.07. The SMILES string of the molecule is Cc1ccc2ccccc2c1S(=O)(=O)C(C)(C)C. The molecule has 0 aliphatic carbocycles. The van der Waals surface area contributed by atoms with E-state index in [9.17, 15) is 8.42 Å². The highest BCUT2D eigenvalue weighted by Crippen LogP contribution is 2.33. The lowest BCUT2D eigenvalue weighted by atomic mass is 10.1. The first kappa shape index (κ1) is 13.1. The molecule has 0 fully saturated rings. The molecule has 0 heterocycles. The van der Waals surface area contributed by atoms with Gasteiger partial charge in [-0.25, -0.2) is 8.42 Å². The van der Waals surface area contributed by atoms with Gasteiger partial charge < -0.3 is 0 Å². The second-order valence-corrected chi connectivity index (χ2v) is 8.19. The van der Waals surface area contributed by atoms with Crippen LogP contribution in [0.5, 0.6) is 0 Å². The van der Waals surface area contributed by atoms with Gasteiger partial charge in [-0.3, -0.25) is 0 Å². The number of aryl methyl sites for hydroxylation is 1. The minimum atomic E-state index is -3.33. The van der Waals surface area contributed by atoms with E-state index in [0.29, 0.717) is 4.90 Å². The Morgan fingerprint density at radius 2 is 1.56 bits per heavy atom. The van der Waals surface area contributed by atoms with Crippen molar-refractivity contribution < 1.29 is 8.42 Å². The molecule has 18 heavy (non-hydrogen) atoms. The normalized spacial score (nSPS) is 12.9. The van der Waals surface area contributed by atoms with Crippen molar-refractivity contribution >= 4 is 20.6 Å². The smallest absolute Gasteiger partial charge is 0.184 e. The van der Waals surface area contributed by atoms with Gasteiger partial charge in [0.25, 0.3) is 0 Å². The molecule has 0 spiro atoms. The standard InChI is InChI=1S/C15H18O2S/c1-11-9-10-12-7-5-6-8-13(12)14(11)18(16,17)15(2,3)4/h5-10H,1-4H3. The van der Waals surface area contributed by atoms with E-state index >= 15 is 0 Å². The van der Waals surface area contributed by atoms with Gasteiger partial charge >= 0.3 is 0 Å². The number of benzene rings is 2. The van der Waals surface area contributed by atoms with E-state index in [-0.39, 0.29) is 0 Å². The molecule has 96 valence electrons. The summed E-state index contributed by atoms with van der Waals surface area (Å²) in [6, 6.07) is 11.5. The lowest BCUT2D eigenvalue weighted by Crippen LogP contribution is -2.28. The maximum Gasteiger partial charge on any atom is 0.184 e. The zero-order chi connectivity index (χ0) is 13.6. The number of rotatable bonds is 1. The summed E-state index contributed by atoms with van der Waals surface area (Å²) in [5.41, 5.74) is 0.809. The highest BCUT2D eigenvalue weighted by atomic mass is 32.2. The molecule has 2 aromatic carbocycles. The fraction of sp³-hybridized carbons (Fsp3) is 0.333. The van der Waals surface area contributed by atoms with Crippen molar-refractivity contribution in [3.8, 4) is 0 Å². The van der Waals surface area contributed by atoms with Gasteiger partial charge in [0.2, 0.25) is 0 Å². The van der Waals surface area contributed by atoms with E-state index in [1.807, 2.05) is 43.3 Å². The monoisotopic (exact) mass is 262 g/mol. The second kappa shape index (κ2) is 4.09. The van der Waals surface area contributed by atoms with Gasteiger partial charge in [0.1, 0.15) is 0 Å². The molecule has 0 aromatic heterocycles. The molecule has 0 saturated heterocycles. The molecular formula is C15H18O2S. The summed E-state index contributed by atoms with van der Waals surface area (Å²) in [4.78, 5) is 0.466. The van der Waals surface area contributed by atoms with Gasteiger partial charge in [0.05, 0.1) is 9.64 Å². The third-order valence-corrected chi connectivity index (χ3v) is 5.84. The van der Waals surface area contributed by atoms with Crippen molar-refractivity contribution in [2.24, 2.45) is 0 Å². The van der Waals surface area contributed by atoms with Gasteiger partial charge in [0, 0.05) is 5.39 Å². The second-order valence-electron chi connectivity index (χ2n) is 5.55. The van der Waals surface area contributed by atoms with Crippen LogP contribution in [0.2, 0.25) is 0 Å². The molecule has 0 saturated carbocycles. The van der Waals surface area contributed by atoms with Crippen LogP contribution >= 0.6 is 0 Å². The molecule has 0 radical (unpaired) electrons. The zero-order valence-electron chi connectivity index (χ0n) is 11.2. The molecule has 2 nitrogen and oxygen atoms in total. The van der Waals surface area contributed by atoms with E-state index in [4.69, 9.17) is 0 Å². The van der Waals surface area contributed by atoms with Crippen LogP contribution in [0.4, 0.5) is 0 Å². The number of sulfone groups is 1. The van der Waals surface area contributed by atoms with Crippen LogP contribution in [0.1, 0.15) is 26.3 Å². The van der Waals surface area contributed by atoms with Gasteiger partial charge in [-0.1, -0.05) is 36.4 Å². The Bertz CT molecular complexity index is 692. The van der Waals surface area contributed by atoms with Crippen molar-refractivity contribution in [2.75, 3.05) is 0 Å². The topological polar surface area (TPSA) is 34.1 Å². The molecule has 0 aliphatic rings. The Morgan fingerprint density at radius 1 is 0.944 bits per heavy atom. The third-order valence-electron chi connectivity index (χ3n) is 3.15. The Kier molecular flexibility index (Phi) is 2.98. The lowest BCUT2D eigenvalue weighted by Gasteiger charge is -2.22. The van der Waals surface area contributed by atoms with Gasteiger partial charge in [-0.15, -0.1) is 0 Å². The van der Waals surface area contributed by atoms with Gasteiger partial charge in [-0.05, 0) is 38.6 Å². The zero-order valence-corrected chi connectivity index (χ0v) is 12.0. The third kappa shape index (κ3) is 1.93. The van der Waals surface area contributed by atoms with E-state index in [2.05, 4.69) is 0 Å². The summed E-state index contributed by atoms with van der Waals surface area (Å²) < 4.78 is 24.6. The minimum absolute atomic E-state index is 0.466. The van der Waals surface area contributed by atoms with E-state index in [1.165, 1.54) is 0 Å². The highest BCUT2D eigenvalue weighted by molar-refractivity contribution is 7.93. The Hall–Kier alpha value is -1.35. The quantitative estimate of drug-likeness (QED) is 0.785. The molecule has 0 bridgehead atoms. The summed E-state index contributed by atoms with van der Waals surface area (Å²) in [5.74, 6) is 0. The maximum atomic E-state index is 12.7. The van der Waals surface area contributed by atoms with E-state index in [1.54, 1.807) is 20.8 Å². The molecule has 0 unspecified atom stereocenters. The molecule has 2 aromatic rings. The predicted octanol–water partition coefficient (Wildman–Crippen LogP) is 3.72. The first-order valence-corrected chi connectivity index (χ1v) is 7.46. The van der Waals surface area contributed by atoms with Crippen LogP contribution in [0, 0.1) is 6.92 Å². The lowest BCUT2D eigenvalue weighted by molar-refractivity contribution is 0.560. The Balaban J connectivity index is 2.91. The van der Waals surface area contributed by atoms with Crippen LogP contribution in [0.3, 0.4) is 0 Å². The molecule has 0 N–H and O–H groups in total. The summed E-state index contributed by atoms with van der Waals surface area (Å²) in [7, 11) is -3.33. The average Bonchev–Trinajstić information content (AvgIpc) is 2.26. The first-order valence-electron chi connectivity index (χ1n) is 5.98. The Labute approximate surface area is 109 Å². The number of hydrogen-bond donors (Lipinski definition) is 0. The molecule has 2 rings (SSSR count). The fourth-order valence-electron chi connectivity index (χ4n) is 2.01. The van der Waals surface area contributed by atoms with Crippen molar-refractivity contribution in [1.82, 2.24) is 0 Å². The molecule has 0 amide bonds. The average molecular weight is 262 g/mol. The van der Waals surface area contributed by atoms with E-state index < -0.39 is 14.6 Å². The number of fused-ring (bicyclic) bond motifs is 1. The van der Waals surface area contributed by atoms with Crippen LogP contribution in [-0.2, 0) is 9.84 Å². The van der Waals surface area contributed by atoms with Crippen LogP contribution in [-0.4, -0.2) is 13.2 Å². The minimum Gasteiger partial charge on any atom is -0.223 e. The largest absolute Gasteiger partial charge is 0.223 e. The number of hydrogen-bond acceptors (Lipinski definition) is 2. The maximum absolute atomic E-state index is 12.7. The van der Waals surface area contributed by atoms with Crippen molar-refractivity contribution in [1.29, 1.82) is 0 Å². The highest BCUT2D eigenvalue weighted by Gasteiger charge is 2.33. The summed E-state index contributed by atoms with van der Waals surface area (Å²) >= 11 is 0. The van der Waals surface area contributed by atoms with Gasteiger partial charge in [0.15, 0.2) is 9.84 Å². The van der Waals surface area contributed by atoms with Crippen LogP contribution in [0.25, 0.3) is 10.8 Å². The van der Waals surface area contributed by atoms with Crippen molar-refractivity contribution in [2.45, 2.75) is 37.3 Å². The van der Waals surface area contributed by atoms with Gasteiger partial charge in [-0.2, -0.15) is 0 Å². The predicted molar refractivity (Wildman–Crippen MR) is 75.6 cm³/mol. The first-order chi connectivity index (χ1) is 8.25. The summed E-state index contributed by atoms with van der Waals surface area (Å²) in [6.07, 6.45) is 0. The van der Waals surface area contributed by atoms with E-state index in [0.717, 1.165) is 16.3 Å². The molecule has 0 aliphatic heterocycles. The molecular weight excluding hydrogens is 244 g/mol. The Morgan fingerprint density at radius 3 is 2.17 bits per heavy atom. The van der Waals surface area contributed by atoms with Crippen molar-refractivity contribution in [3.05, 3.63) is 42.0 Å². The fourth-order valence-corrected chi connectivity index (χ4v) is 3.59.